The number of nitrogens with two attached hydrogens (primary N) is 1. The van der Waals surface area contributed by atoms with E-state index in [0.29, 0.717) is 6.54 Å². The smallest absolute Gasteiger partial charge is 0.165 e. The van der Waals surface area contributed by atoms with Crippen molar-refractivity contribution < 1.29 is 4.74 Å². The van der Waals surface area contributed by atoms with E-state index in [4.69, 9.17) is 10.5 Å². The molecule has 2 nitrogen and oxygen atoms in total. The molecule has 1 atom stereocenters. The fraction of sp³-hybridized carbons (Fsp3) is 0.167. The highest BCUT2D eigenvalue weighted by Gasteiger charge is 2.03. The molecular weight excluding hydrogens is 254 g/mol. The van der Waals surface area contributed by atoms with Crippen molar-refractivity contribution in [3.8, 4) is 5.75 Å². The highest BCUT2D eigenvalue weighted by atomic mass is 79.9. The molecule has 0 radical (unpaired) electrons. The zero-order chi connectivity index (χ0) is 10.7. The summed E-state index contributed by atoms with van der Waals surface area (Å²) in [7, 11) is 0. The van der Waals surface area contributed by atoms with Gasteiger partial charge < -0.3 is 10.5 Å². The Labute approximate surface area is 97.2 Å². The molecular formula is C12H12BrNO. The van der Waals surface area contributed by atoms with Crippen molar-refractivity contribution in [3.63, 3.8) is 0 Å². The number of benzene rings is 2. The molecule has 0 aliphatic heterocycles. The molecule has 15 heavy (non-hydrogen) atoms. The molecule has 0 heterocycles. The number of hydrogen-bond donors (Lipinski definition) is 1. The Hall–Kier alpha value is -1.06. The maximum absolute atomic E-state index is 5.56. The Balaban J connectivity index is 2.30. The molecule has 2 aromatic carbocycles. The van der Waals surface area contributed by atoms with Gasteiger partial charge in [-0.05, 0) is 38.8 Å². The van der Waals surface area contributed by atoms with Crippen LogP contribution < -0.4 is 10.5 Å². The minimum atomic E-state index is -0.126. The number of halogens is 1. The quantitative estimate of drug-likeness (QED) is 0.867. The van der Waals surface area contributed by atoms with Crippen LogP contribution in [0.25, 0.3) is 10.8 Å². The van der Waals surface area contributed by atoms with E-state index >= 15 is 0 Å². The van der Waals surface area contributed by atoms with Crippen molar-refractivity contribution in [2.75, 3.05) is 6.54 Å². The number of rotatable bonds is 3. The first-order chi connectivity index (χ1) is 7.29. The topological polar surface area (TPSA) is 35.2 Å². The minimum absolute atomic E-state index is 0.126. The van der Waals surface area contributed by atoms with Crippen molar-refractivity contribution in [1.29, 1.82) is 0 Å². The van der Waals surface area contributed by atoms with Gasteiger partial charge in [0.05, 0.1) is 0 Å². The van der Waals surface area contributed by atoms with Gasteiger partial charge in [-0.1, -0.05) is 30.3 Å². The van der Waals surface area contributed by atoms with Gasteiger partial charge in [0.15, 0.2) is 5.01 Å². The normalized spacial score (nSPS) is 12.7. The summed E-state index contributed by atoms with van der Waals surface area (Å²) in [5.41, 5.74) is 5.46. The van der Waals surface area contributed by atoms with Gasteiger partial charge in [-0.3, -0.25) is 0 Å². The molecule has 0 spiro atoms. The molecule has 2 N–H and O–H groups in total. The number of fused-ring (bicyclic) bond motifs is 1. The predicted molar refractivity (Wildman–Crippen MR) is 66.3 cm³/mol. The molecule has 78 valence electrons. The van der Waals surface area contributed by atoms with Crippen LogP contribution in [0.5, 0.6) is 5.75 Å². The Morgan fingerprint density at radius 3 is 2.60 bits per heavy atom. The lowest BCUT2D eigenvalue weighted by Crippen LogP contribution is -2.19. The highest BCUT2D eigenvalue weighted by molar-refractivity contribution is 9.09. The van der Waals surface area contributed by atoms with Crippen LogP contribution >= 0.6 is 15.9 Å². The lowest BCUT2D eigenvalue weighted by molar-refractivity contribution is 0.302. The first-order valence-electron chi connectivity index (χ1n) is 4.79. The van der Waals surface area contributed by atoms with E-state index in [1.54, 1.807) is 0 Å². The second-order valence-corrected chi connectivity index (χ2v) is 4.29. The van der Waals surface area contributed by atoms with Crippen LogP contribution in [-0.4, -0.2) is 11.6 Å². The van der Waals surface area contributed by atoms with Crippen molar-refractivity contribution in [3.05, 3.63) is 42.5 Å². The molecule has 0 bridgehead atoms. The van der Waals surface area contributed by atoms with Crippen molar-refractivity contribution >= 4 is 26.7 Å². The summed E-state index contributed by atoms with van der Waals surface area (Å²) in [6.45, 7) is 0.451. The Bertz CT molecular complexity index is 458. The second kappa shape index (κ2) is 4.64. The van der Waals surface area contributed by atoms with E-state index < -0.39 is 0 Å². The lowest BCUT2D eigenvalue weighted by atomic mass is 10.1. The van der Waals surface area contributed by atoms with E-state index in [0.717, 1.165) is 5.75 Å². The molecule has 1 unspecified atom stereocenters. The molecule has 0 saturated heterocycles. The molecule has 0 aliphatic carbocycles. The average molecular weight is 266 g/mol. The SMILES string of the molecule is NCC(Br)Oc1ccc2ccccc2c1. The van der Waals surface area contributed by atoms with Crippen LogP contribution in [0.1, 0.15) is 0 Å². The first-order valence-corrected chi connectivity index (χ1v) is 5.71. The number of alkyl halides is 1. The largest absolute Gasteiger partial charge is 0.478 e. The van der Waals surface area contributed by atoms with E-state index in [-0.39, 0.29) is 5.01 Å². The summed E-state index contributed by atoms with van der Waals surface area (Å²) in [4.78, 5) is 0. The van der Waals surface area contributed by atoms with Gasteiger partial charge in [0.2, 0.25) is 0 Å². The van der Waals surface area contributed by atoms with Gasteiger partial charge in [-0.2, -0.15) is 0 Å². The van der Waals surface area contributed by atoms with Gasteiger partial charge in [-0.25, -0.2) is 0 Å². The monoisotopic (exact) mass is 265 g/mol. The fourth-order valence-electron chi connectivity index (χ4n) is 1.44. The summed E-state index contributed by atoms with van der Waals surface area (Å²) in [6, 6.07) is 14.2. The predicted octanol–water partition coefficient (Wildman–Crippen LogP) is 2.90. The zero-order valence-electron chi connectivity index (χ0n) is 8.19. The maximum atomic E-state index is 5.56. The van der Waals surface area contributed by atoms with Gasteiger partial charge in [-0.15, -0.1) is 0 Å². The maximum Gasteiger partial charge on any atom is 0.165 e. The molecule has 0 fully saturated rings. The van der Waals surface area contributed by atoms with E-state index in [1.807, 2.05) is 30.3 Å². The minimum Gasteiger partial charge on any atom is -0.478 e. The fourth-order valence-corrected chi connectivity index (χ4v) is 1.65. The van der Waals surface area contributed by atoms with Crippen LogP contribution in [0.2, 0.25) is 0 Å². The molecule has 0 saturated carbocycles. The van der Waals surface area contributed by atoms with E-state index in [1.165, 1.54) is 10.8 Å². The molecule has 0 aromatic heterocycles. The summed E-state index contributed by atoms with van der Waals surface area (Å²) in [6.07, 6.45) is 0. The Morgan fingerprint density at radius 2 is 1.87 bits per heavy atom. The lowest BCUT2D eigenvalue weighted by Gasteiger charge is -2.11. The summed E-state index contributed by atoms with van der Waals surface area (Å²) in [5.74, 6) is 0.834. The van der Waals surface area contributed by atoms with Crippen LogP contribution in [0, 0.1) is 0 Å². The Kier molecular flexibility index (Phi) is 3.23. The molecule has 0 aliphatic rings. The highest BCUT2D eigenvalue weighted by Crippen LogP contribution is 2.22. The average Bonchev–Trinajstić information content (AvgIpc) is 2.29. The van der Waals surface area contributed by atoms with Crippen LogP contribution in [0.15, 0.2) is 42.5 Å². The molecule has 0 amide bonds. The van der Waals surface area contributed by atoms with Crippen molar-refractivity contribution in [2.45, 2.75) is 5.01 Å². The third-order valence-corrected chi connectivity index (χ3v) is 2.73. The van der Waals surface area contributed by atoms with E-state index in [9.17, 15) is 0 Å². The van der Waals surface area contributed by atoms with Gasteiger partial charge in [0, 0.05) is 6.54 Å². The summed E-state index contributed by atoms with van der Waals surface area (Å²) < 4.78 is 5.56. The van der Waals surface area contributed by atoms with E-state index in [2.05, 4.69) is 28.1 Å². The summed E-state index contributed by atoms with van der Waals surface area (Å²) >= 11 is 3.33. The van der Waals surface area contributed by atoms with Crippen molar-refractivity contribution in [1.82, 2.24) is 0 Å². The number of ether oxygens (including phenoxy) is 1. The Morgan fingerprint density at radius 1 is 1.13 bits per heavy atom. The molecule has 2 rings (SSSR count). The first kappa shape index (κ1) is 10.5. The van der Waals surface area contributed by atoms with Crippen molar-refractivity contribution in [2.24, 2.45) is 5.73 Å². The zero-order valence-corrected chi connectivity index (χ0v) is 9.78. The van der Waals surface area contributed by atoms with Gasteiger partial charge in [0.1, 0.15) is 5.75 Å². The summed E-state index contributed by atoms with van der Waals surface area (Å²) in [5, 5.41) is 2.26. The van der Waals surface area contributed by atoms with Gasteiger partial charge in [0.25, 0.3) is 0 Å². The molecule has 3 heteroatoms. The third kappa shape index (κ3) is 2.49. The van der Waals surface area contributed by atoms with Crippen LogP contribution in [0.4, 0.5) is 0 Å². The van der Waals surface area contributed by atoms with Crippen LogP contribution in [-0.2, 0) is 0 Å². The molecule has 2 aromatic rings. The third-order valence-electron chi connectivity index (χ3n) is 2.17. The number of hydrogen-bond acceptors (Lipinski definition) is 2. The van der Waals surface area contributed by atoms with Gasteiger partial charge >= 0.3 is 0 Å². The second-order valence-electron chi connectivity index (χ2n) is 3.27. The standard InChI is InChI=1S/C12H12BrNO/c13-12(8-14)15-11-6-5-9-3-1-2-4-10(9)7-11/h1-7,12H,8,14H2. The van der Waals surface area contributed by atoms with Crippen LogP contribution in [0.3, 0.4) is 0 Å².